The maximum Gasteiger partial charge on any atom is 0.251 e. The summed E-state index contributed by atoms with van der Waals surface area (Å²) >= 11 is 0. The summed E-state index contributed by atoms with van der Waals surface area (Å²) in [6.45, 7) is 4.46. The quantitative estimate of drug-likeness (QED) is 0.943. The predicted molar refractivity (Wildman–Crippen MR) is 87.4 cm³/mol. The normalized spacial score (nSPS) is 15.7. The first-order chi connectivity index (χ1) is 11.0. The largest absolute Gasteiger partial charge is 0.464 e. The minimum atomic E-state index is -0.215. The van der Waals surface area contributed by atoms with Gasteiger partial charge in [0.15, 0.2) is 0 Å². The van der Waals surface area contributed by atoms with Gasteiger partial charge < -0.3 is 14.6 Å². The van der Waals surface area contributed by atoms with Crippen LogP contribution in [0.4, 0.5) is 5.69 Å². The summed E-state index contributed by atoms with van der Waals surface area (Å²) in [6.07, 6.45) is 1.44. The van der Waals surface area contributed by atoms with Crippen LogP contribution < -0.4 is 10.2 Å². The van der Waals surface area contributed by atoms with Gasteiger partial charge in [-0.25, -0.2) is 0 Å². The summed E-state index contributed by atoms with van der Waals surface area (Å²) in [7, 11) is 0. The van der Waals surface area contributed by atoms with Gasteiger partial charge in [0.1, 0.15) is 11.5 Å². The van der Waals surface area contributed by atoms with Gasteiger partial charge in [0.2, 0.25) is 5.91 Å². The average Bonchev–Trinajstić information content (AvgIpc) is 3.16. The molecular formula is C18H20N2O3. The van der Waals surface area contributed by atoms with Crippen molar-refractivity contribution in [3.63, 3.8) is 0 Å². The van der Waals surface area contributed by atoms with Crippen LogP contribution in [0.15, 0.2) is 40.8 Å². The number of anilines is 1. The average molecular weight is 312 g/mol. The summed E-state index contributed by atoms with van der Waals surface area (Å²) in [4.78, 5) is 26.0. The molecule has 1 fully saturated rings. The lowest BCUT2D eigenvalue weighted by molar-refractivity contribution is -0.117. The van der Waals surface area contributed by atoms with Gasteiger partial charge >= 0.3 is 0 Å². The van der Waals surface area contributed by atoms with E-state index in [1.54, 1.807) is 23.1 Å². The van der Waals surface area contributed by atoms with Gasteiger partial charge in [-0.1, -0.05) is 6.07 Å². The van der Waals surface area contributed by atoms with Crippen LogP contribution in [0.25, 0.3) is 0 Å². The molecule has 5 heteroatoms. The van der Waals surface area contributed by atoms with E-state index in [0.717, 1.165) is 23.6 Å². The van der Waals surface area contributed by atoms with Crippen molar-refractivity contribution in [2.75, 3.05) is 11.4 Å². The summed E-state index contributed by atoms with van der Waals surface area (Å²) in [5, 5.41) is 2.92. The van der Waals surface area contributed by atoms with E-state index < -0.39 is 0 Å². The first kappa shape index (κ1) is 15.3. The monoisotopic (exact) mass is 312 g/mol. The lowest BCUT2D eigenvalue weighted by Crippen LogP contribution is -2.27. The molecule has 1 N–H and O–H groups in total. The molecule has 1 aliphatic rings. The van der Waals surface area contributed by atoms with Crippen LogP contribution >= 0.6 is 0 Å². The third-order valence-electron chi connectivity index (χ3n) is 4.03. The molecule has 1 aromatic heterocycles. The Kier molecular flexibility index (Phi) is 4.19. The second-order valence-electron chi connectivity index (χ2n) is 5.84. The van der Waals surface area contributed by atoms with E-state index >= 15 is 0 Å². The standard InChI is InChI=1S/C18H20N2O3/c1-12-8-9-16(23-12)13(2)19-18(22)14-5-3-6-15(11-14)20-10-4-7-17(20)21/h3,5-6,8-9,11,13H,4,7,10H2,1-2H3,(H,19,22). The molecule has 0 spiro atoms. The van der Waals surface area contributed by atoms with Gasteiger partial charge in [0.05, 0.1) is 6.04 Å². The molecule has 0 aliphatic carbocycles. The topological polar surface area (TPSA) is 62.6 Å². The summed E-state index contributed by atoms with van der Waals surface area (Å²) in [5.41, 5.74) is 1.32. The van der Waals surface area contributed by atoms with Gasteiger partial charge in [-0.05, 0) is 50.6 Å². The van der Waals surface area contributed by atoms with Crippen molar-refractivity contribution in [2.24, 2.45) is 0 Å². The van der Waals surface area contributed by atoms with Crippen molar-refractivity contribution in [1.29, 1.82) is 0 Å². The van der Waals surface area contributed by atoms with Crippen LogP contribution in [-0.2, 0) is 4.79 Å². The third kappa shape index (κ3) is 3.28. The van der Waals surface area contributed by atoms with Crippen LogP contribution in [0.2, 0.25) is 0 Å². The zero-order chi connectivity index (χ0) is 16.4. The van der Waals surface area contributed by atoms with E-state index in [9.17, 15) is 9.59 Å². The lowest BCUT2D eigenvalue weighted by Gasteiger charge is -2.17. The molecule has 23 heavy (non-hydrogen) atoms. The van der Waals surface area contributed by atoms with Crippen molar-refractivity contribution in [2.45, 2.75) is 32.7 Å². The number of hydrogen-bond donors (Lipinski definition) is 1. The number of rotatable bonds is 4. The van der Waals surface area contributed by atoms with E-state index in [-0.39, 0.29) is 17.9 Å². The fourth-order valence-corrected chi connectivity index (χ4v) is 2.77. The van der Waals surface area contributed by atoms with Crippen molar-refractivity contribution in [3.8, 4) is 0 Å². The smallest absolute Gasteiger partial charge is 0.251 e. The number of carbonyl (C=O) groups excluding carboxylic acids is 2. The number of nitrogens with one attached hydrogen (secondary N) is 1. The molecule has 1 atom stereocenters. The summed E-state index contributed by atoms with van der Waals surface area (Å²) in [6, 6.07) is 10.7. The maximum absolute atomic E-state index is 12.4. The first-order valence-corrected chi connectivity index (χ1v) is 7.82. The fourth-order valence-electron chi connectivity index (χ4n) is 2.77. The Labute approximate surface area is 135 Å². The van der Waals surface area contributed by atoms with Crippen LogP contribution in [0.5, 0.6) is 0 Å². The van der Waals surface area contributed by atoms with Crippen molar-refractivity contribution in [3.05, 3.63) is 53.5 Å². The molecule has 2 aromatic rings. The molecule has 120 valence electrons. The highest BCUT2D eigenvalue weighted by Crippen LogP contribution is 2.23. The van der Waals surface area contributed by atoms with Gasteiger partial charge in [0.25, 0.3) is 5.91 Å². The molecule has 0 saturated carbocycles. The van der Waals surface area contributed by atoms with Gasteiger partial charge in [-0.3, -0.25) is 9.59 Å². The highest BCUT2D eigenvalue weighted by Gasteiger charge is 2.22. The number of benzene rings is 1. The molecule has 0 bridgehead atoms. The number of hydrogen-bond acceptors (Lipinski definition) is 3. The first-order valence-electron chi connectivity index (χ1n) is 7.82. The number of aryl methyl sites for hydroxylation is 1. The molecule has 3 rings (SSSR count). The Balaban J connectivity index is 1.73. The summed E-state index contributed by atoms with van der Waals surface area (Å²) in [5.74, 6) is 1.47. The molecule has 0 radical (unpaired) electrons. The fraction of sp³-hybridized carbons (Fsp3) is 0.333. The molecule has 5 nitrogen and oxygen atoms in total. The van der Waals surface area contributed by atoms with Crippen LogP contribution in [0.1, 0.15) is 47.7 Å². The van der Waals surface area contributed by atoms with E-state index in [1.165, 1.54) is 0 Å². The molecule has 1 saturated heterocycles. The van der Waals surface area contributed by atoms with E-state index in [2.05, 4.69) is 5.32 Å². The Morgan fingerprint density at radius 1 is 1.30 bits per heavy atom. The molecule has 2 heterocycles. The third-order valence-corrected chi connectivity index (χ3v) is 4.03. The second kappa shape index (κ2) is 6.28. The number of carbonyl (C=O) groups is 2. The van der Waals surface area contributed by atoms with Crippen molar-refractivity contribution < 1.29 is 14.0 Å². The Morgan fingerprint density at radius 3 is 2.78 bits per heavy atom. The minimum Gasteiger partial charge on any atom is -0.464 e. The highest BCUT2D eigenvalue weighted by atomic mass is 16.3. The van der Waals surface area contributed by atoms with E-state index in [1.807, 2.05) is 32.0 Å². The zero-order valence-corrected chi connectivity index (χ0v) is 13.3. The van der Waals surface area contributed by atoms with E-state index in [4.69, 9.17) is 4.42 Å². The molecule has 1 aromatic carbocycles. The van der Waals surface area contributed by atoms with Crippen LogP contribution in [0, 0.1) is 6.92 Å². The van der Waals surface area contributed by atoms with Crippen molar-refractivity contribution in [1.82, 2.24) is 5.32 Å². The maximum atomic E-state index is 12.4. The highest BCUT2D eigenvalue weighted by molar-refractivity contribution is 5.99. The van der Waals surface area contributed by atoms with Crippen LogP contribution in [0.3, 0.4) is 0 Å². The Bertz CT molecular complexity index is 735. The van der Waals surface area contributed by atoms with Crippen LogP contribution in [-0.4, -0.2) is 18.4 Å². The molecular weight excluding hydrogens is 292 g/mol. The molecule has 1 unspecified atom stereocenters. The summed E-state index contributed by atoms with van der Waals surface area (Å²) < 4.78 is 5.53. The SMILES string of the molecule is Cc1ccc(C(C)NC(=O)c2cccc(N3CCCC3=O)c2)o1. The zero-order valence-electron chi connectivity index (χ0n) is 13.3. The number of amides is 2. The molecule has 2 amide bonds. The number of nitrogens with zero attached hydrogens (tertiary/aromatic N) is 1. The van der Waals surface area contributed by atoms with Gasteiger partial charge in [-0.2, -0.15) is 0 Å². The predicted octanol–water partition coefficient (Wildman–Crippen LogP) is 3.21. The Morgan fingerprint density at radius 2 is 2.13 bits per heavy atom. The Hall–Kier alpha value is -2.56. The lowest BCUT2D eigenvalue weighted by atomic mass is 10.1. The van der Waals surface area contributed by atoms with Gasteiger partial charge in [0, 0.05) is 24.2 Å². The second-order valence-corrected chi connectivity index (χ2v) is 5.84. The van der Waals surface area contributed by atoms with Gasteiger partial charge in [-0.15, -0.1) is 0 Å². The number of furan rings is 1. The molecule has 1 aliphatic heterocycles. The van der Waals surface area contributed by atoms with E-state index in [0.29, 0.717) is 18.5 Å². The van der Waals surface area contributed by atoms with Crippen molar-refractivity contribution >= 4 is 17.5 Å². The minimum absolute atomic E-state index is 0.113.